The van der Waals surface area contributed by atoms with Gasteiger partial charge in [-0.15, -0.1) is 0 Å². The molecule has 0 radical (unpaired) electrons. The van der Waals surface area contributed by atoms with Crippen molar-refractivity contribution in [2.45, 2.75) is 38.2 Å². The molecule has 1 heterocycles. The first-order chi connectivity index (χ1) is 13.7. The first kappa shape index (κ1) is 20.8. The van der Waals surface area contributed by atoms with Gasteiger partial charge in [-0.05, 0) is 38.1 Å². The first-order valence-electron chi connectivity index (χ1n) is 9.18. The summed E-state index contributed by atoms with van der Waals surface area (Å²) >= 11 is 0. The molecule has 3 rings (SSSR count). The number of carbonyl (C=O) groups excluding carboxylic acids is 1. The number of fused-ring (bicyclic) bond motifs is 1. The molecule has 1 unspecified atom stereocenters. The predicted octanol–water partition coefficient (Wildman–Crippen LogP) is 3.18. The zero-order valence-electron chi connectivity index (χ0n) is 16.7. The number of hydrogen-bond donors (Lipinski definition) is 2. The summed E-state index contributed by atoms with van der Waals surface area (Å²) in [5, 5.41) is 2.57. The highest BCUT2D eigenvalue weighted by molar-refractivity contribution is 7.92. The number of methoxy groups -OCH3 is 1. The van der Waals surface area contributed by atoms with Gasteiger partial charge in [0.25, 0.3) is 10.0 Å². The van der Waals surface area contributed by atoms with Crippen LogP contribution in [0.5, 0.6) is 17.2 Å². The molecule has 1 atom stereocenters. The van der Waals surface area contributed by atoms with E-state index in [0.29, 0.717) is 23.9 Å². The minimum Gasteiger partial charge on any atom is -0.495 e. The van der Waals surface area contributed by atoms with Gasteiger partial charge in [0.05, 0.1) is 30.0 Å². The summed E-state index contributed by atoms with van der Waals surface area (Å²) in [7, 11) is -2.52. The third kappa shape index (κ3) is 4.56. The summed E-state index contributed by atoms with van der Waals surface area (Å²) in [5.74, 6) is 1.08. The number of rotatable bonds is 7. The normalized spacial score (nSPS) is 15.2. The van der Waals surface area contributed by atoms with E-state index in [1.807, 2.05) is 13.8 Å². The van der Waals surface area contributed by atoms with E-state index < -0.39 is 10.0 Å². The molecule has 1 aliphatic rings. The largest absolute Gasteiger partial charge is 0.495 e. The second kappa shape index (κ2) is 8.20. The molecule has 0 saturated heterocycles. The number of anilines is 2. The minimum atomic E-state index is -3.96. The third-order valence-corrected chi connectivity index (χ3v) is 5.70. The number of ether oxygens (including phenoxy) is 3. The van der Waals surface area contributed by atoms with Gasteiger partial charge in [-0.1, -0.05) is 0 Å². The van der Waals surface area contributed by atoms with Gasteiger partial charge < -0.3 is 19.5 Å². The standard InChI is InChI=1S/C20H24N2O6S/c1-5-27-20-9-14-8-12(2)28-19(14)11-17(20)22-29(24,25)15-6-7-18(26-4)16(10-15)21-13(3)23/h6-7,9-12,22H,5,8H2,1-4H3,(H,21,23). The molecule has 1 aliphatic heterocycles. The Bertz CT molecular complexity index is 1040. The molecule has 156 valence electrons. The molecule has 0 aliphatic carbocycles. The van der Waals surface area contributed by atoms with Crippen molar-refractivity contribution in [3.63, 3.8) is 0 Å². The van der Waals surface area contributed by atoms with Crippen LogP contribution >= 0.6 is 0 Å². The number of carbonyl (C=O) groups is 1. The molecular weight excluding hydrogens is 396 g/mol. The molecule has 1 amide bonds. The van der Waals surface area contributed by atoms with Crippen molar-refractivity contribution < 1.29 is 27.4 Å². The molecule has 0 spiro atoms. The fraction of sp³-hybridized carbons (Fsp3) is 0.350. The van der Waals surface area contributed by atoms with Gasteiger partial charge in [0.2, 0.25) is 5.91 Å². The lowest BCUT2D eigenvalue weighted by molar-refractivity contribution is -0.114. The molecule has 0 bridgehead atoms. The van der Waals surface area contributed by atoms with Crippen LogP contribution in [-0.4, -0.2) is 34.1 Å². The Labute approximate surface area is 170 Å². The monoisotopic (exact) mass is 420 g/mol. The van der Waals surface area contributed by atoms with Gasteiger partial charge in [-0.25, -0.2) is 8.42 Å². The van der Waals surface area contributed by atoms with Crippen molar-refractivity contribution >= 4 is 27.3 Å². The molecule has 2 aromatic rings. The van der Waals surface area contributed by atoms with Crippen molar-refractivity contribution in [1.82, 2.24) is 0 Å². The van der Waals surface area contributed by atoms with Gasteiger partial charge in [-0.3, -0.25) is 9.52 Å². The van der Waals surface area contributed by atoms with Crippen LogP contribution in [0.4, 0.5) is 11.4 Å². The summed E-state index contributed by atoms with van der Waals surface area (Å²) in [6.45, 7) is 5.50. The smallest absolute Gasteiger partial charge is 0.262 e. The molecule has 0 aromatic heterocycles. The maximum absolute atomic E-state index is 13.0. The van der Waals surface area contributed by atoms with Gasteiger partial charge >= 0.3 is 0 Å². The van der Waals surface area contributed by atoms with E-state index in [4.69, 9.17) is 14.2 Å². The van der Waals surface area contributed by atoms with Gasteiger partial charge in [0.1, 0.15) is 23.4 Å². The molecule has 2 N–H and O–H groups in total. The lowest BCUT2D eigenvalue weighted by Gasteiger charge is -2.16. The van der Waals surface area contributed by atoms with Gasteiger partial charge in [0.15, 0.2) is 0 Å². The van der Waals surface area contributed by atoms with E-state index in [0.717, 1.165) is 12.0 Å². The fourth-order valence-electron chi connectivity index (χ4n) is 3.14. The lowest BCUT2D eigenvalue weighted by Crippen LogP contribution is -2.15. The SMILES string of the molecule is CCOc1cc2c(cc1NS(=O)(=O)c1ccc(OC)c(NC(C)=O)c1)OC(C)C2. The van der Waals surface area contributed by atoms with E-state index in [1.54, 1.807) is 12.1 Å². The van der Waals surface area contributed by atoms with Crippen LogP contribution in [0.1, 0.15) is 26.3 Å². The van der Waals surface area contributed by atoms with E-state index in [1.165, 1.54) is 32.2 Å². The van der Waals surface area contributed by atoms with E-state index >= 15 is 0 Å². The zero-order chi connectivity index (χ0) is 21.2. The van der Waals surface area contributed by atoms with Crippen molar-refractivity contribution in [3.05, 3.63) is 35.9 Å². The molecular formula is C20H24N2O6S. The van der Waals surface area contributed by atoms with E-state index in [9.17, 15) is 13.2 Å². The Morgan fingerprint density at radius 2 is 1.97 bits per heavy atom. The van der Waals surface area contributed by atoms with Crippen LogP contribution in [0.3, 0.4) is 0 Å². The summed E-state index contributed by atoms with van der Waals surface area (Å²) in [6.07, 6.45) is 0.759. The average Bonchev–Trinajstić information content (AvgIpc) is 3.00. The molecule has 0 saturated carbocycles. The fourth-order valence-corrected chi connectivity index (χ4v) is 4.23. The Morgan fingerprint density at radius 1 is 1.21 bits per heavy atom. The molecule has 9 heteroatoms. The van der Waals surface area contributed by atoms with Crippen molar-refractivity contribution in [1.29, 1.82) is 0 Å². The number of amides is 1. The molecule has 8 nitrogen and oxygen atoms in total. The zero-order valence-corrected chi connectivity index (χ0v) is 17.6. The third-order valence-electron chi connectivity index (χ3n) is 4.33. The Kier molecular flexibility index (Phi) is 5.88. The highest BCUT2D eigenvalue weighted by Crippen LogP contribution is 2.39. The summed E-state index contributed by atoms with van der Waals surface area (Å²) in [5.41, 5.74) is 1.52. The number of sulfonamides is 1. The van der Waals surface area contributed by atoms with Crippen LogP contribution in [0.25, 0.3) is 0 Å². The van der Waals surface area contributed by atoms with Gasteiger partial charge in [0, 0.05) is 25.0 Å². The first-order valence-corrected chi connectivity index (χ1v) is 10.7. The summed E-state index contributed by atoms with van der Waals surface area (Å²) < 4.78 is 45.1. The maximum Gasteiger partial charge on any atom is 0.262 e. The second-order valence-corrected chi connectivity index (χ2v) is 8.35. The quantitative estimate of drug-likeness (QED) is 0.713. The maximum atomic E-state index is 13.0. The highest BCUT2D eigenvalue weighted by atomic mass is 32.2. The molecule has 0 fully saturated rings. The number of nitrogens with one attached hydrogen (secondary N) is 2. The van der Waals surface area contributed by atoms with Crippen LogP contribution in [0.2, 0.25) is 0 Å². The van der Waals surface area contributed by atoms with Gasteiger partial charge in [-0.2, -0.15) is 0 Å². The second-order valence-electron chi connectivity index (χ2n) is 6.67. The number of benzene rings is 2. The van der Waals surface area contributed by atoms with Crippen molar-refractivity contribution in [2.75, 3.05) is 23.8 Å². The Balaban J connectivity index is 1.97. The summed E-state index contributed by atoms with van der Waals surface area (Å²) in [6, 6.07) is 7.67. The van der Waals surface area contributed by atoms with Crippen LogP contribution in [-0.2, 0) is 21.2 Å². The molecule has 2 aromatic carbocycles. The van der Waals surface area contributed by atoms with Crippen LogP contribution < -0.4 is 24.2 Å². The Morgan fingerprint density at radius 3 is 2.62 bits per heavy atom. The van der Waals surface area contributed by atoms with Crippen LogP contribution in [0.15, 0.2) is 35.2 Å². The highest BCUT2D eigenvalue weighted by Gasteiger charge is 2.25. The van der Waals surface area contributed by atoms with Crippen LogP contribution in [0, 0.1) is 0 Å². The summed E-state index contributed by atoms with van der Waals surface area (Å²) in [4.78, 5) is 11.4. The minimum absolute atomic E-state index is 0.0214. The van der Waals surface area contributed by atoms with Crippen molar-refractivity contribution in [3.8, 4) is 17.2 Å². The number of hydrogen-bond acceptors (Lipinski definition) is 6. The molecule has 29 heavy (non-hydrogen) atoms. The average molecular weight is 420 g/mol. The van der Waals surface area contributed by atoms with E-state index in [2.05, 4.69) is 10.0 Å². The Hall–Kier alpha value is -2.94. The van der Waals surface area contributed by atoms with E-state index in [-0.39, 0.29) is 28.3 Å². The lowest BCUT2D eigenvalue weighted by atomic mass is 10.1. The predicted molar refractivity (Wildman–Crippen MR) is 110 cm³/mol. The van der Waals surface area contributed by atoms with Crippen molar-refractivity contribution in [2.24, 2.45) is 0 Å². The topological polar surface area (TPSA) is 103 Å².